The Labute approximate surface area is 77.9 Å². The van der Waals surface area contributed by atoms with Gasteiger partial charge in [-0.1, -0.05) is 12.2 Å². The summed E-state index contributed by atoms with van der Waals surface area (Å²) < 4.78 is 0. The van der Waals surface area contributed by atoms with E-state index >= 15 is 0 Å². The molecule has 0 aliphatic rings. The number of hydrogen-bond acceptors (Lipinski definition) is 2. The van der Waals surface area contributed by atoms with Gasteiger partial charge in [0.25, 0.3) is 0 Å². The van der Waals surface area contributed by atoms with Crippen molar-refractivity contribution in [2.75, 3.05) is 12.0 Å². The molecule has 0 radical (unpaired) electrons. The van der Waals surface area contributed by atoms with Crippen molar-refractivity contribution in [1.29, 1.82) is 0 Å². The largest absolute Gasteiger partial charge is 0.265 e. The molecule has 1 aromatic heterocycles. The maximum atomic E-state index is 4.00. The number of hydrogen-bond donors (Lipinski definition) is 0. The predicted molar refractivity (Wildman–Crippen MR) is 55.5 cm³/mol. The first-order valence-corrected chi connectivity index (χ1v) is 5.27. The Hall–Kier alpha value is -0.760. The van der Waals surface area contributed by atoms with Gasteiger partial charge in [-0.2, -0.15) is 11.8 Å². The molecule has 12 heavy (non-hydrogen) atoms. The first-order chi connectivity index (χ1) is 5.83. The van der Waals surface area contributed by atoms with Gasteiger partial charge in [-0.25, -0.2) is 0 Å². The predicted octanol–water partition coefficient (Wildman–Crippen LogP) is 2.54. The fourth-order valence-electron chi connectivity index (χ4n) is 1.04. The van der Waals surface area contributed by atoms with Crippen LogP contribution in [0.15, 0.2) is 36.7 Å². The number of pyridine rings is 1. The molecule has 0 aromatic carbocycles. The normalized spacial score (nSPS) is 9.75. The molecule has 1 aromatic rings. The lowest BCUT2D eigenvalue weighted by Crippen LogP contribution is -1.91. The number of aromatic nitrogens is 1. The van der Waals surface area contributed by atoms with Crippen molar-refractivity contribution in [2.45, 2.75) is 6.42 Å². The average Bonchev–Trinajstić information content (AvgIpc) is 2.06. The first kappa shape index (κ1) is 9.33. The van der Waals surface area contributed by atoms with Crippen molar-refractivity contribution in [1.82, 2.24) is 4.98 Å². The molecule has 0 atom stereocenters. The Morgan fingerprint density at radius 2 is 2.17 bits per heavy atom. The molecular weight excluding hydrogens is 166 g/mol. The molecule has 0 unspecified atom stereocenters. The standard InChI is InChI=1S/C10H13NS/c1-9(8-12-2)7-10-3-5-11-6-4-10/h3-6H,1,7-8H2,2H3. The Kier molecular flexibility index (Phi) is 3.88. The van der Waals surface area contributed by atoms with Crippen LogP contribution in [0.3, 0.4) is 0 Å². The maximum absolute atomic E-state index is 4.00. The van der Waals surface area contributed by atoms with E-state index in [9.17, 15) is 0 Å². The van der Waals surface area contributed by atoms with Crippen molar-refractivity contribution in [3.8, 4) is 0 Å². The fourth-order valence-corrected chi connectivity index (χ4v) is 1.55. The van der Waals surface area contributed by atoms with Gasteiger partial charge in [-0.3, -0.25) is 4.98 Å². The molecule has 1 nitrogen and oxygen atoms in total. The molecule has 0 aliphatic heterocycles. The van der Waals surface area contributed by atoms with Gasteiger partial charge in [-0.05, 0) is 30.4 Å². The SMILES string of the molecule is C=C(CSC)Cc1ccncc1. The van der Waals surface area contributed by atoms with Crippen LogP contribution in [-0.4, -0.2) is 17.0 Å². The molecule has 0 saturated carbocycles. The summed E-state index contributed by atoms with van der Waals surface area (Å²) in [5.41, 5.74) is 2.57. The second-order valence-electron chi connectivity index (χ2n) is 2.72. The van der Waals surface area contributed by atoms with Crippen LogP contribution in [0.25, 0.3) is 0 Å². The highest BCUT2D eigenvalue weighted by Crippen LogP contribution is 2.08. The minimum atomic E-state index is 0.976. The van der Waals surface area contributed by atoms with Crippen LogP contribution in [0.4, 0.5) is 0 Å². The molecule has 0 bridgehead atoms. The third kappa shape index (κ3) is 3.09. The highest BCUT2D eigenvalue weighted by molar-refractivity contribution is 7.98. The second-order valence-corrected chi connectivity index (χ2v) is 3.58. The molecule has 1 heterocycles. The zero-order valence-corrected chi connectivity index (χ0v) is 8.10. The molecule has 1 rings (SSSR count). The van der Waals surface area contributed by atoms with E-state index in [1.54, 1.807) is 0 Å². The van der Waals surface area contributed by atoms with Crippen molar-refractivity contribution in [3.63, 3.8) is 0 Å². The third-order valence-electron chi connectivity index (χ3n) is 1.55. The summed E-state index contributed by atoms with van der Waals surface area (Å²) in [5.74, 6) is 1.04. The molecular formula is C10H13NS. The Morgan fingerprint density at radius 3 is 2.75 bits per heavy atom. The topological polar surface area (TPSA) is 12.9 Å². The maximum Gasteiger partial charge on any atom is 0.0270 e. The van der Waals surface area contributed by atoms with Gasteiger partial charge in [0.1, 0.15) is 0 Å². The highest BCUT2D eigenvalue weighted by atomic mass is 32.2. The molecule has 0 amide bonds. The Balaban J connectivity index is 2.47. The van der Waals surface area contributed by atoms with E-state index in [-0.39, 0.29) is 0 Å². The number of rotatable bonds is 4. The van der Waals surface area contributed by atoms with Gasteiger partial charge in [-0.15, -0.1) is 0 Å². The van der Waals surface area contributed by atoms with E-state index < -0.39 is 0 Å². The molecule has 0 fully saturated rings. The zero-order valence-electron chi connectivity index (χ0n) is 7.29. The van der Waals surface area contributed by atoms with Gasteiger partial charge in [0, 0.05) is 18.1 Å². The van der Waals surface area contributed by atoms with E-state index in [1.807, 2.05) is 36.3 Å². The van der Waals surface area contributed by atoms with Crippen LogP contribution in [0.1, 0.15) is 5.56 Å². The summed E-state index contributed by atoms with van der Waals surface area (Å²) in [6.07, 6.45) is 6.71. The van der Waals surface area contributed by atoms with E-state index in [4.69, 9.17) is 0 Å². The summed E-state index contributed by atoms with van der Waals surface area (Å²) in [6.45, 7) is 4.00. The van der Waals surface area contributed by atoms with Gasteiger partial charge in [0.05, 0.1) is 0 Å². The second kappa shape index (κ2) is 4.99. The third-order valence-corrected chi connectivity index (χ3v) is 2.25. The Bertz CT molecular complexity index is 243. The summed E-state index contributed by atoms with van der Waals surface area (Å²) in [5, 5.41) is 0. The minimum absolute atomic E-state index is 0.976. The van der Waals surface area contributed by atoms with Crippen molar-refractivity contribution in [3.05, 3.63) is 42.2 Å². The van der Waals surface area contributed by atoms with Gasteiger partial charge in [0.15, 0.2) is 0 Å². The van der Waals surface area contributed by atoms with Crippen LogP contribution in [-0.2, 0) is 6.42 Å². The molecule has 0 N–H and O–H groups in total. The highest BCUT2D eigenvalue weighted by Gasteiger charge is 1.95. The lowest BCUT2D eigenvalue weighted by molar-refractivity contribution is 1.14. The molecule has 0 saturated heterocycles. The molecule has 2 heteroatoms. The smallest absolute Gasteiger partial charge is 0.0270 e. The quantitative estimate of drug-likeness (QED) is 0.659. The number of nitrogens with zero attached hydrogens (tertiary/aromatic N) is 1. The minimum Gasteiger partial charge on any atom is -0.265 e. The fraction of sp³-hybridized carbons (Fsp3) is 0.300. The lowest BCUT2D eigenvalue weighted by atomic mass is 10.1. The van der Waals surface area contributed by atoms with Gasteiger partial charge in [0.2, 0.25) is 0 Å². The monoisotopic (exact) mass is 179 g/mol. The van der Waals surface area contributed by atoms with Crippen molar-refractivity contribution < 1.29 is 0 Å². The summed E-state index contributed by atoms with van der Waals surface area (Å²) >= 11 is 1.81. The summed E-state index contributed by atoms with van der Waals surface area (Å²) in [7, 11) is 0. The summed E-state index contributed by atoms with van der Waals surface area (Å²) in [4.78, 5) is 3.96. The van der Waals surface area contributed by atoms with Crippen molar-refractivity contribution in [2.24, 2.45) is 0 Å². The van der Waals surface area contributed by atoms with Crippen LogP contribution in [0, 0.1) is 0 Å². The van der Waals surface area contributed by atoms with E-state index in [0.717, 1.165) is 12.2 Å². The van der Waals surface area contributed by atoms with E-state index in [1.165, 1.54) is 11.1 Å². The van der Waals surface area contributed by atoms with Crippen LogP contribution in [0.5, 0.6) is 0 Å². The summed E-state index contributed by atoms with van der Waals surface area (Å²) in [6, 6.07) is 4.07. The van der Waals surface area contributed by atoms with E-state index in [0.29, 0.717) is 0 Å². The molecule has 0 spiro atoms. The number of thioether (sulfide) groups is 1. The van der Waals surface area contributed by atoms with E-state index in [2.05, 4.69) is 17.8 Å². The zero-order chi connectivity index (χ0) is 8.81. The lowest BCUT2D eigenvalue weighted by Gasteiger charge is -2.02. The average molecular weight is 179 g/mol. The van der Waals surface area contributed by atoms with Crippen LogP contribution < -0.4 is 0 Å². The molecule has 0 aliphatic carbocycles. The Morgan fingerprint density at radius 1 is 1.50 bits per heavy atom. The van der Waals surface area contributed by atoms with Crippen LogP contribution >= 0.6 is 11.8 Å². The van der Waals surface area contributed by atoms with Gasteiger partial charge < -0.3 is 0 Å². The van der Waals surface area contributed by atoms with Gasteiger partial charge >= 0.3 is 0 Å². The van der Waals surface area contributed by atoms with Crippen LogP contribution in [0.2, 0.25) is 0 Å². The first-order valence-electron chi connectivity index (χ1n) is 3.87. The molecule has 64 valence electrons. The van der Waals surface area contributed by atoms with Crippen molar-refractivity contribution >= 4 is 11.8 Å².